The third kappa shape index (κ3) is 15.9. The van der Waals surface area contributed by atoms with Crippen LogP contribution in [0.4, 0.5) is 0 Å². The highest BCUT2D eigenvalue weighted by Crippen LogP contribution is 2.30. The average Bonchev–Trinajstić information content (AvgIpc) is 2.78. The molecule has 0 aromatic rings. The van der Waals surface area contributed by atoms with E-state index in [1.54, 1.807) is 0 Å². The second-order valence-electron chi connectivity index (χ2n) is 9.08. The van der Waals surface area contributed by atoms with Crippen molar-refractivity contribution < 1.29 is 15.3 Å². The van der Waals surface area contributed by atoms with E-state index in [0.29, 0.717) is 25.8 Å². The number of aliphatic hydroxyl groups is 3. The van der Waals surface area contributed by atoms with Crippen molar-refractivity contribution in [1.29, 1.82) is 0 Å². The van der Waals surface area contributed by atoms with Crippen LogP contribution in [0.5, 0.6) is 0 Å². The Hall–Kier alpha value is -0.460. The van der Waals surface area contributed by atoms with Crippen LogP contribution in [0.1, 0.15) is 116 Å². The molecule has 0 saturated carbocycles. The van der Waals surface area contributed by atoms with Gasteiger partial charge in [-0.3, -0.25) is 0 Å². The molecule has 31 heavy (non-hydrogen) atoms. The lowest BCUT2D eigenvalue weighted by Gasteiger charge is -2.26. The first kappa shape index (κ1) is 30.5. The van der Waals surface area contributed by atoms with Crippen LogP contribution >= 0.6 is 0 Å². The first-order valence-electron chi connectivity index (χ1n) is 13.2. The van der Waals surface area contributed by atoms with E-state index in [2.05, 4.69) is 6.92 Å². The molecule has 0 bridgehead atoms. The van der Waals surface area contributed by atoms with E-state index in [-0.39, 0.29) is 31.8 Å². The molecular formula is C26H54N2O3. The first-order chi connectivity index (χ1) is 15.2. The van der Waals surface area contributed by atoms with Gasteiger partial charge in [0.15, 0.2) is 0 Å². The summed E-state index contributed by atoms with van der Waals surface area (Å²) in [4.78, 5) is 0. The number of nitrogens with two attached hydrogens (primary N) is 2. The van der Waals surface area contributed by atoms with Crippen molar-refractivity contribution in [2.24, 2.45) is 17.4 Å². The molecule has 0 aromatic carbocycles. The molecule has 0 aliphatic heterocycles. The van der Waals surface area contributed by atoms with E-state index in [1.165, 1.54) is 77.0 Å². The van der Waals surface area contributed by atoms with Gasteiger partial charge in [-0.05, 0) is 31.6 Å². The van der Waals surface area contributed by atoms with Crippen molar-refractivity contribution in [2.45, 2.75) is 122 Å². The van der Waals surface area contributed by atoms with Crippen molar-refractivity contribution in [2.75, 3.05) is 26.4 Å². The molecular weight excluding hydrogens is 388 g/mol. The summed E-state index contributed by atoms with van der Waals surface area (Å²) in [5, 5.41) is 28.6. The molecule has 0 aliphatic rings. The topological polar surface area (TPSA) is 113 Å². The molecule has 0 amide bonds. The van der Waals surface area contributed by atoms with E-state index in [4.69, 9.17) is 11.5 Å². The minimum Gasteiger partial charge on any atom is -0.396 e. The second kappa shape index (κ2) is 22.7. The van der Waals surface area contributed by atoms with Crippen molar-refractivity contribution in [3.05, 3.63) is 11.1 Å². The lowest BCUT2D eigenvalue weighted by molar-refractivity contribution is 0.249. The van der Waals surface area contributed by atoms with Gasteiger partial charge >= 0.3 is 0 Å². The van der Waals surface area contributed by atoms with Gasteiger partial charge in [0.1, 0.15) is 0 Å². The van der Waals surface area contributed by atoms with Gasteiger partial charge in [-0.1, -0.05) is 102 Å². The summed E-state index contributed by atoms with van der Waals surface area (Å²) in [5.41, 5.74) is 14.1. The molecule has 0 rings (SSSR count). The fourth-order valence-corrected chi connectivity index (χ4v) is 4.65. The zero-order valence-corrected chi connectivity index (χ0v) is 20.5. The highest BCUT2D eigenvalue weighted by Gasteiger charge is 2.20. The fraction of sp³-hybridized carbons (Fsp3) is 0.923. The number of hydrogen-bond acceptors (Lipinski definition) is 5. The van der Waals surface area contributed by atoms with Gasteiger partial charge in [-0.25, -0.2) is 0 Å². The summed E-state index contributed by atoms with van der Waals surface area (Å²) >= 11 is 0. The zero-order valence-electron chi connectivity index (χ0n) is 20.5. The Balaban J connectivity index is 4.28. The van der Waals surface area contributed by atoms with Crippen LogP contribution in [0.3, 0.4) is 0 Å². The SMILES string of the molecule is CCCCCCCCCCCCCCCC(CCO)C(CCO)=C(CCO)C(N)CN. The summed E-state index contributed by atoms with van der Waals surface area (Å²) in [6.07, 6.45) is 20.1. The molecule has 186 valence electrons. The van der Waals surface area contributed by atoms with E-state index >= 15 is 0 Å². The molecule has 0 radical (unpaired) electrons. The standard InChI is InChI=1S/C26H54N2O3/c1-2-3-4-5-6-7-8-9-10-11-12-13-14-15-23(16-19-29)24(17-20-30)25(18-21-31)26(28)22-27/h23,26,29-31H,2-22,27-28H2,1H3. The van der Waals surface area contributed by atoms with Gasteiger partial charge in [0.25, 0.3) is 0 Å². The Kier molecular flexibility index (Phi) is 22.4. The van der Waals surface area contributed by atoms with Gasteiger partial charge in [-0.2, -0.15) is 0 Å². The maximum atomic E-state index is 9.58. The monoisotopic (exact) mass is 442 g/mol. The van der Waals surface area contributed by atoms with Crippen LogP contribution in [0, 0.1) is 5.92 Å². The molecule has 2 atom stereocenters. The van der Waals surface area contributed by atoms with Crippen molar-refractivity contribution in [3.63, 3.8) is 0 Å². The lowest BCUT2D eigenvalue weighted by Crippen LogP contribution is -2.34. The van der Waals surface area contributed by atoms with Crippen molar-refractivity contribution in [3.8, 4) is 0 Å². The predicted molar refractivity (Wildman–Crippen MR) is 133 cm³/mol. The van der Waals surface area contributed by atoms with Crippen LogP contribution in [0.25, 0.3) is 0 Å². The van der Waals surface area contributed by atoms with Gasteiger partial charge in [0.2, 0.25) is 0 Å². The third-order valence-electron chi connectivity index (χ3n) is 6.50. The van der Waals surface area contributed by atoms with E-state index in [1.807, 2.05) is 0 Å². The summed E-state index contributed by atoms with van der Waals surface area (Å²) in [5.74, 6) is 0.212. The van der Waals surface area contributed by atoms with Gasteiger partial charge in [-0.15, -0.1) is 0 Å². The Morgan fingerprint density at radius 2 is 1.06 bits per heavy atom. The Morgan fingerprint density at radius 3 is 1.48 bits per heavy atom. The Bertz CT molecular complexity index is 415. The lowest BCUT2D eigenvalue weighted by atomic mass is 9.82. The first-order valence-corrected chi connectivity index (χ1v) is 13.2. The van der Waals surface area contributed by atoms with Crippen LogP contribution in [0.2, 0.25) is 0 Å². The summed E-state index contributed by atoms with van der Waals surface area (Å²) in [6, 6.07) is -0.290. The predicted octanol–water partition coefficient (Wildman–Crippen LogP) is 4.81. The van der Waals surface area contributed by atoms with Crippen molar-refractivity contribution >= 4 is 0 Å². The molecule has 0 aromatic heterocycles. The van der Waals surface area contributed by atoms with Crippen molar-refractivity contribution in [1.82, 2.24) is 0 Å². The number of aliphatic hydroxyl groups excluding tert-OH is 3. The maximum Gasteiger partial charge on any atom is 0.0468 e. The third-order valence-corrected chi connectivity index (χ3v) is 6.50. The molecule has 5 heteroatoms. The fourth-order valence-electron chi connectivity index (χ4n) is 4.65. The zero-order chi connectivity index (χ0) is 23.2. The van der Waals surface area contributed by atoms with E-state index < -0.39 is 0 Å². The average molecular weight is 443 g/mol. The van der Waals surface area contributed by atoms with E-state index in [0.717, 1.165) is 24.0 Å². The minimum atomic E-state index is -0.290. The molecule has 7 N–H and O–H groups in total. The Morgan fingerprint density at radius 1 is 0.613 bits per heavy atom. The largest absolute Gasteiger partial charge is 0.396 e. The summed E-state index contributed by atoms with van der Waals surface area (Å²) < 4.78 is 0. The van der Waals surface area contributed by atoms with Crippen LogP contribution in [-0.2, 0) is 0 Å². The number of rotatable bonds is 23. The smallest absolute Gasteiger partial charge is 0.0468 e. The van der Waals surface area contributed by atoms with Gasteiger partial charge < -0.3 is 26.8 Å². The molecule has 5 nitrogen and oxygen atoms in total. The minimum absolute atomic E-state index is 0.0303. The maximum absolute atomic E-state index is 9.58. The number of unbranched alkanes of at least 4 members (excludes halogenated alkanes) is 12. The highest BCUT2D eigenvalue weighted by molar-refractivity contribution is 5.23. The molecule has 0 saturated heterocycles. The van der Waals surface area contributed by atoms with Crippen LogP contribution in [-0.4, -0.2) is 47.7 Å². The molecule has 2 unspecified atom stereocenters. The van der Waals surface area contributed by atoms with E-state index in [9.17, 15) is 15.3 Å². The summed E-state index contributed by atoms with van der Waals surface area (Å²) in [6.45, 7) is 2.81. The van der Waals surface area contributed by atoms with Gasteiger partial charge in [0, 0.05) is 32.4 Å². The molecule has 0 aliphatic carbocycles. The molecule has 0 heterocycles. The quantitative estimate of drug-likeness (QED) is 0.115. The highest BCUT2D eigenvalue weighted by atomic mass is 16.3. The summed E-state index contributed by atoms with van der Waals surface area (Å²) in [7, 11) is 0. The van der Waals surface area contributed by atoms with Crippen LogP contribution in [0.15, 0.2) is 11.1 Å². The second-order valence-corrected chi connectivity index (χ2v) is 9.08. The molecule has 0 spiro atoms. The van der Waals surface area contributed by atoms with Gasteiger partial charge in [0.05, 0.1) is 0 Å². The van der Waals surface area contributed by atoms with Crippen LogP contribution < -0.4 is 11.5 Å². The Labute approximate surface area is 192 Å². The number of hydrogen-bond donors (Lipinski definition) is 5. The normalized spacial score (nSPS) is 14.5. The molecule has 0 fully saturated rings.